The molecule has 0 heterocycles. The highest BCUT2D eigenvalue weighted by Crippen LogP contribution is 2.31. The van der Waals surface area contributed by atoms with E-state index < -0.39 is 0 Å². The molecule has 96 valence electrons. The summed E-state index contributed by atoms with van der Waals surface area (Å²) >= 11 is 9.52. The van der Waals surface area contributed by atoms with Crippen LogP contribution in [0, 0.1) is 12.3 Å². The lowest BCUT2D eigenvalue weighted by Crippen LogP contribution is -2.29. The lowest BCUT2D eigenvalue weighted by atomic mass is 9.86. The Morgan fingerprint density at radius 2 is 1.94 bits per heavy atom. The second-order valence-electron chi connectivity index (χ2n) is 4.54. The standard InChI is InChI=1S/C14H20BrClO/c1-4-14(5-2,9-15)10-17-13-7-6-12(16)8-11(13)3/h6-8H,4-5,9-10H2,1-3H3. The summed E-state index contributed by atoms with van der Waals surface area (Å²) in [5.74, 6) is 0.932. The third kappa shape index (κ3) is 3.89. The van der Waals surface area contributed by atoms with Gasteiger partial charge in [-0.15, -0.1) is 0 Å². The Kier molecular flexibility index (Phi) is 5.81. The van der Waals surface area contributed by atoms with E-state index in [1.54, 1.807) is 0 Å². The van der Waals surface area contributed by atoms with Gasteiger partial charge < -0.3 is 4.74 Å². The first-order chi connectivity index (χ1) is 8.06. The SMILES string of the molecule is CCC(CC)(CBr)COc1ccc(Cl)cc1C. The van der Waals surface area contributed by atoms with Crippen molar-refractivity contribution in [2.75, 3.05) is 11.9 Å². The highest BCUT2D eigenvalue weighted by molar-refractivity contribution is 9.09. The van der Waals surface area contributed by atoms with Gasteiger partial charge in [0.05, 0.1) is 6.61 Å². The number of hydrogen-bond donors (Lipinski definition) is 0. The summed E-state index contributed by atoms with van der Waals surface area (Å²) in [5, 5.41) is 1.73. The molecule has 0 saturated heterocycles. The van der Waals surface area contributed by atoms with Gasteiger partial charge >= 0.3 is 0 Å². The summed E-state index contributed by atoms with van der Waals surface area (Å²) < 4.78 is 5.94. The van der Waals surface area contributed by atoms with Crippen LogP contribution in [0.3, 0.4) is 0 Å². The lowest BCUT2D eigenvalue weighted by molar-refractivity contribution is 0.157. The van der Waals surface area contributed by atoms with Crippen LogP contribution in [-0.2, 0) is 0 Å². The minimum absolute atomic E-state index is 0.228. The first-order valence-corrected chi connectivity index (χ1v) is 7.51. The number of aryl methyl sites for hydroxylation is 1. The Bertz CT molecular complexity index is 353. The molecular formula is C14H20BrClO. The number of hydrogen-bond acceptors (Lipinski definition) is 1. The number of benzene rings is 1. The summed E-state index contributed by atoms with van der Waals surface area (Å²) in [7, 11) is 0. The van der Waals surface area contributed by atoms with E-state index in [1.807, 2.05) is 25.1 Å². The van der Waals surface area contributed by atoms with Crippen LogP contribution in [0.2, 0.25) is 5.02 Å². The molecule has 17 heavy (non-hydrogen) atoms. The lowest BCUT2D eigenvalue weighted by Gasteiger charge is -2.29. The van der Waals surface area contributed by atoms with E-state index in [0.29, 0.717) is 0 Å². The molecule has 0 atom stereocenters. The van der Waals surface area contributed by atoms with E-state index in [4.69, 9.17) is 16.3 Å². The van der Waals surface area contributed by atoms with Crippen molar-refractivity contribution < 1.29 is 4.74 Å². The van der Waals surface area contributed by atoms with Gasteiger partial charge in [0.2, 0.25) is 0 Å². The number of rotatable bonds is 6. The molecular weight excluding hydrogens is 300 g/mol. The molecule has 0 unspecified atom stereocenters. The summed E-state index contributed by atoms with van der Waals surface area (Å²) in [5.41, 5.74) is 1.32. The van der Waals surface area contributed by atoms with Crippen molar-refractivity contribution in [3.05, 3.63) is 28.8 Å². The molecule has 3 heteroatoms. The zero-order valence-electron chi connectivity index (χ0n) is 10.7. The van der Waals surface area contributed by atoms with Gasteiger partial charge in [-0.2, -0.15) is 0 Å². The van der Waals surface area contributed by atoms with Gasteiger partial charge in [0, 0.05) is 15.8 Å². The zero-order chi connectivity index (χ0) is 12.9. The second-order valence-corrected chi connectivity index (χ2v) is 5.54. The van der Waals surface area contributed by atoms with Crippen molar-refractivity contribution in [2.24, 2.45) is 5.41 Å². The number of ether oxygens (including phenoxy) is 1. The van der Waals surface area contributed by atoms with Crippen molar-refractivity contribution in [3.63, 3.8) is 0 Å². The maximum Gasteiger partial charge on any atom is 0.122 e. The first-order valence-electron chi connectivity index (χ1n) is 6.02. The Hall–Kier alpha value is -0.210. The molecule has 0 amide bonds. The van der Waals surface area contributed by atoms with Crippen LogP contribution in [0.4, 0.5) is 0 Å². The molecule has 0 aliphatic rings. The minimum Gasteiger partial charge on any atom is -0.493 e. The average Bonchev–Trinajstić information content (AvgIpc) is 2.33. The van der Waals surface area contributed by atoms with Gasteiger partial charge in [0.25, 0.3) is 0 Å². The summed E-state index contributed by atoms with van der Waals surface area (Å²) in [6.07, 6.45) is 2.22. The molecule has 0 radical (unpaired) electrons. The van der Waals surface area contributed by atoms with E-state index in [-0.39, 0.29) is 5.41 Å². The molecule has 0 saturated carbocycles. The minimum atomic E-state index is 0.228. The van der Waals surface area contributed by atoms with Crippen molar-refractivity contribution in [1.29, 1.82) is 0 Å². The smallest absolute Gasteiger partial charge is 0.122 e. The molecule has 0 spiro atoms. The molecule has 1 aromatic rings. The van der Waals surface area contributed by atoms with Crippen LogP contribution < -0.4 is 4.74 Å². The van der Waals surface area contributed by atoms with Gasteiger partial charge in [-0.25, -0.2) is 0 Å². The van der Waals surface area contributed by atoms with Crippen LogP contribution in [-0.4, -0.2) is 11.9 Å². The predicted octanol–water partition coefficient (Wildman–Crippen LogP) is 5.23. The Labute approximate surface area is 118 Å². The average molecular weight is 320 g/mol. The molecule has 1 aromatic carbocycles. The Morgan fingerprint density at radius 1 is 1.29 bits per heavy atom. The van der Waals surface area contributed by atoms with E-state index in [0.717, 1.165) is 41.1 Å². The quantitative estimate of drug-likeness (QED) is 0.652. The van der Waals surface area contributed by atoms with Crippen LogP contribution in [0.5, 0.6) is 5.75 Å². The van der Waals surface area contributed by atoms with Crippen LogP contribution in [0.15, 0.2) is 18.2 Å². The maximum atomic E-state index is 5.94. The van der Waals surface area contributed by atoms with Crippen molar-refractivity contribution in [1.82, 2.24) is 0 Å². The number of halogens is 2. The Balaban J connectivity index is 2.72. The van der Waals surface area contributed by atoms with Gasteiger partial charge in [-0.05, 0) is 43.5 Å². The summed E-state index contributed by atoms with van der Waals surface area (Å²) in [4.78, 5) is 0. The fraction of sp³-hybridized carbons (Fsp3) is 0.571. The van der Waals surface area contributed by atoms with Gasteiger partial charge in [-0.1, -0.05) is 41.4 Å². The first kappa shape index (κ1) is 14.8. The Morgan fingerprint density at radius 3 is 2.41 bits per heavy atom. The van der Waals surface area contributed by atoms with Gasteiger partial charge in [-0.3, -0.25) is 0 Å². The highest BCUT2D eigenvalue weighted by Gasteiger charge is 2.25. The number of alkyl halides is 1. The van der Waals surface area contributed by atoms with Gasteiger partial charge in [0.15, 0.2) is 0 Å². The second kappa shape index (κ2) is 6.65. The third-order valence-corrected chi connectivity index (χ3v) is 4.88. The van der Waals surface area contributed by atoms with E-state index in [9.17, 15) is 0 Å². The fourth-order valence-electron chi connectivity index (χ4n) is 1.69. The largest absolute Gasteiger partial charge is 0.493 e. The third-order valence-electron chi connectivity index (χ3n) is 3.45. The van der Waals surface area contributed by atoms with Gasteiger partial charge in [0.1, 0.15) is 5.75 Å². The zero-order valence-corrected chi connectivity index (χ0v) is 13.1. The van der Waals surface area contributed by atoms with Crippen LogP contribution in [0.1, 0.15) is 32.3 Å². The molecule has 0 fully saturated rings. The fourth-order valence-corrected chi connectivity index (χ4v) is 2.87. The van der Waals surface area contributed by atoms with Crippen molar-refractivity contribution in [2.45, 2.75) is 33.6 Å². The topological polar surface area (TPSA) is 9.23 Å². The van der Waals surface area contributed by atoms with E-state index in [1.165, 1.54) is 0 Å². The van der Waals surface area contributed by atoms with E-state index >= 15 is 0 Å². The molecule has 1 rings (SSSR count). The molecule has 1 nitrogen and oxygen atoms in total. The summed E-state index contributed by atoms with van der Waals surface area (Å²) in [6, 6.07) is 5.75. The van der Waals surface area contributed by atoms with E-state index in [2.05, 4.69) is 29.8 Å². The molecule has 0 bridgehead atoms. The molecule has 0 N–H and O–H groups in total. The van der Waals surface area contributed by atoms with Crippen LogP contribution >= 0.6 is 27.5 Å². The maximum absolute atomic E-state index is 5.94. The highest BCUT2D eigenvalue weighted by atomic mass is 79.9. The van der Waals surface area contributed by atoms with Crippen molar-refractivity contribution >= 4 is 27.5 Å². The molecule has 0 aliphatic heterocycles. The normalized spacial score (nSPS) is 11.6. The summed E-state index contributed by atoms with van der Waals surface area (Å²) in [6.45, 7) is 7.19. The molecule has 0 aromatic heterocycles. The monoisotopic (exact) mass is 318 g/mol. The predicted molar refractivity (Wildman–Crippen MR) is 78.5 cm³/mol. The van der Waals surface area contributed by atoms with Crippen LogP contribution in [0.25, 0.3) is 0 Å². The van der Waals surface area contributed by atoms with Crippen molar-refractivity contribution in [3.8, 4) is 5.75 Å². The molecule has 0 aliphatic carbocycles.